The largest absolute Gasteiger partial charge is 0.494 e. The summed E-state index contributed by atoms with van der Waals surface area (Å²) in [6, 6.07) is 3.84. The zero-order valence-corrected chi connectivity index (χ0v) is 14.1. The molecule has 1 aromatic heterocycles. The van der Waals surface area contributed by atoms with Crippen LogP contribution in [0.5, 0.6) is 5.75 Å². The van der Waals surface area contributed by atoms with Crippen LogP contribution >= 0.6 is 11.6 Å². The number of ether oxygens (including phenoxy) is 1. The molecule has 0 radical (unpaired) electrons. The van der Waals surface area contributed by atoms with Crippen LogP contribution in [0.2, 0.25) is 5.02 Å². The Morgan fingerprint density at radius 3 is 2.68 bits per heavy atom. The number of rotatable bonds is 5. The van der Waals surface area contributed by atoms with Gasteiger partial charge in [0.15, 0.2) is 5.82 Å². The molecule has 0 saturated heterocycles. The van der Waals surface area contributed by atoms with Crippen LogP contribution < -0.4 is 10.5 Å². The number of aromatic amines is 1. The molecule has 1 aromatic carbocycles. The molecule has 6 heteroatoms. The van der Waals surface area contributed by atoms with E-state index in [0.717, 1.165) is 34.6 Å². The predicted octanol–water partition coefficient (Wildman–Crippen LogP) is 4.01. The summed E-state index contributed by atoms with van der Waals surface area (Å²) in [4.78, 5) is 4.29. The fraction of sp³-hybridized carbons (Fsp3) is 0.375. The zero-order valence-electron chi connectivity index (χ0n) is 13.3. The van der Waals surface area contributed by atoms with Crippen LogP contribution in [0, 0.1) is 6.92 Å². The van der Waals surface area contributed by atoms with Gasteiger partial charge in [-0.05, 0) is 44.9 Å². The average Bonchev–Trinajstić information content (AvgIpc) is 2.79. The Morgan fingerprint density at radius 2 is 2.09 bits per heavy atom. The first-order valence-corrected chi connectivity index (χ1v) is 7.67. The van der Waals surface area contributed by atoms with Crippen molar-refractivity contribution in [2.45, 2.75) is 34.1 Å². The summed E-state index contributed by atoms with van der Waals surface area (Å²) in [6.07, 6.45) is 0.825. The molecule has 22 heavy (non-hydrogen) atoms. The van der Waals surface area contributed by atoms with Crippen LogP contribution in [-0.2, 0) is 6.42 Å². The number of hydrogen-bond donors (Lipinski definition) is 2. The van der Waals surface area contributed by atoms with Gasteiger partial charge in [-0.3, -0.25) is 5.10 Å². The highest BCUT2D eigenvalue weighted by molar-refractivity contribution is 6.34. The number of aryl methyl sites for hydroxylation is 2. The van der Waals surface area contributed by atoms with E-state index >= 15 is 0 Å². The lowest BCUT2D eigenvalue weighted by molar-refractivity contribution is 0.340. The van der Waals surface area contributed by atoms with Crippen LogP contribution in [0.3, 0.4) is 0 Å². The van der Waals surface area contributed by atoms with E-state index in [1.807, 2.05) is 26.0 Å². The lowest BCUT2D eigenvalue weighted by Crippen LogP contribution is -2.04. The van der Waals surface area contributed by atoms with Gasteiger partial charge in [0.25, 0.3) is 0 Å². The number of aliphatic imine (C=N–C) groups is 1. The molecule has 0 saturated carbocycles. The molecule has 3 N–H and O–H groups in total. The fourth-order valence-electron chi connectivity index (χ4n) is 2.41. The lowest BCUT2D eigenvalue weighted by Gasteiger charge is -2.13. The first kappa shape index (κ1) is 16.4. The number of amidine groups is 1. The van der Waals surface area contributed by atoms with Crippen LogP contribution in [0.25, 0.3) is 11.1 Å². The van der Waals surface area contributed by atoms with Gasteiger partial charge < -0.3 is 10.5 Å². The van der Waals surface area contributed by atoms with E-state index in [1.165, 1.54) is 0 Å². The van der Waals surface area contributed by atoms with Gasteiger partial charge in [0.1, 0.15) is 5.75 Å². The van der Waals surface area contributed by atoms with Gasteiger partial charge in [-0.25, -0.2) is 4.99 Å². The molecule has 0 fully saturated rings. The van der Waals surface area contributed by atoms with Gasteiger partial charge in [0.2, 0.25) is 0 Å². The Bertz CT molecular complexity index is 702. The first-order valence-electron chi connectivity index (χ1n) is 7.29. The van der Waals surface area contributed by atoms with E-state index in [9.17, 15) is 0 Å². The number of benzene rings is 1. The van der Waals surface area contributed by atoms with Gasteiger partial charge in [-0.2, -0.15) is 5.10 Å². The summed E-state index contributed by atoms with van der Waals surface area (Å²) in [6.45, 7) is 8.31. The highest BCUT2D eigenvalue weighted by Gasteiger charge is 2.19. The summed E-state index contributed by atoms with van der Waals surface area (Å²) in [5.41, 5.74) is 9.50. The maximum atomic E-state index is 6.52. The summed E-state index contributed by atoms with van der Waals surface area (Å²) in [5.74, 6) is 1.78. The summed E-state index contributed by atoms with van der Waals surface area (Å²) in [5, 5.41) is 7.81. The number of aromatic nitrogens is 2. The Hall–Kier alpha value is -2.01. The molecule has 2 rings (SSSR count). The van der Waals surface area contributed by atoms with Crippen molar-refractivity contribution in [1.29, 1.82) is 0 Å². The SMILES string of the molecule is CCOc1cc(Cl)c(-c2c(N=C(C)N)n[nH]c2C)c(CC)c1. The smallest absolute Gasteiger partial charge is 0.183 e. The second-order valence-corrected chi connectivity index (χ2v) is 5.43. The minimum atomic E-state index is 0.452. The highest BCUT2D eigenvalue weighted by Crippen LogP contribution is 2.41. The van der Waals surface area contributed by atoms with Gasteiger partial charge >= 0.3 is 0 Å². The molecule has 0 amide bonds. The standard InChI is InChI=1S/C16H21ClN4O/c1-5-11-7-12(22-6-2)8-13(17)15(11)14-9(3)20-21-16(14)19-10(4)18/h7-8H,5-6H2,1-4H3,(H3,18,19,20,21). The van der Waals surface area contributed by atoms with Crippen molar-refractivity contribution in [3.8, 4) is 16.9 Å². The average molecular weight is 321 g/mol. The second kappa shape index (κ2) is 6.83. The molecule has 0 aliphatic carbocycles. The predicted molar refractivity (Wildman–Crippen MR) is 91.3 cm³/mol. The van der Waals surface area contributed by atoms with E-state index in [0.29, 0.717) is 23.3 Å². The number of nitrogens with one attached hydrogen (secondary N) is 1. The summed E-state index contributed by atoms with van der Waals surface area (Å²) >= 11 is 6.52. The number of hydrogen-bond acceptors (Lipinski definition) is 3. The normalized spacial score (nSPS) is 11.8. The third-order valence-corrected chi connectivity index (χ3v) is 3.60. The maximum absolute atomic E-state index is 6.52. The fourth-order valence-corrected chi connectivity index (χ4v) is 2.73. The molecule has 0 bridgehead atoms. The quantitative estimate of drug-likeness (QED) is 0.645. The Kier molecular flexibility index (Phi) is 5.08. The lowest BCUT2D eigenvalue weighted by atomic mass is 9.97. The van der Waals surface area contributed by atoms with E-state index in [-0.39, 0.29) is 0 Å². The molecule has 5 nitrogen and oxygen atoms in total. The molecule has 0 spiro atoms. The summed E-state index contributed by atoms with van der Waals surface area (Å²) in [7, 11) is 0. The molecule has 0 atom stereocenters. The Labute approximate surface area is 135 Å². The Morgan fingerprint density at radius 1 is 1.36 bits per heavy atom. The van der Waals surface area contributed by atoms with E-state index in [2.05, 4.69) is 22.1 Å². The highest BCUT2D eigenvalue weighted by atomic mass is 35.5. The second-order valence-electron chi connectivity index (χ2n) is 5.03. The van der Waals surface area contributed by atoms with Crippen molar-refractivity contribution in [2.24, 2.45) is 10.7 Å². The van der Waals surface area contributed by atoms with Crippen LogP contribution in [-0.4, -0.2) is 22.6 Å². The monoisotopic (exact) mass is 320 g/mol. The van der Waals surface area contributed by atoms with E-state index in [4.69, 9.17) is 22.1 Å². The topological polar surface area (TPSA) is 76.3 Å². The zero-order chi connectivity index (χ0) is 16.3. The minimum absolute atomic E-state index is 0.452. The number of halogens is 1. The molecule has 0 aliphatic rings. The van der Waals surface area contributed by atoms with Crippen LogP contribution in [0.1, 0.15) is 32.0 Å². The third-order valence-electron chi connectivity index (χ3n) is 3.30. The van der Waals surface area contributed by atoms with Crippen LogP contribution in [0.15, 0.2) is 17.1 Å². The molecule has 2 aromatic rings. The van der Waals surface area contributed by atoms with Crippen molar-refractivity contribution in [1.82, 2.24) is 10.2 Å². The van der Waals surface area contributed by atoms with Gasteiger partial charge in [0, 0.05) is 11.3 Å². The van der Waals surface area contributed by atoms with Gasteiger partial charge in [-0.15, -0.1) is 0 Å². The van der Waals surface area contributed by atoms with E-state index in [1.54, 1.807) is 6.92 Å². The first-order chi connectivity index (χ1) is 10.5. The van der Waals surface area contributed by atoms with Gasteiger partial charge in [0.05, 0.1) is 23.0 Å². The molecule has 1 heterocycles. The molecular weight excluding hydrogens is 300 g/mol. The van der Waals surface area contributed by atoms with Crippen molar-refractivity contribution in [3.63, 3.8) is 0 Å². The van der Waals surface area contributed by atoms with Crippen molar-refractivity contribution in [3.05, 3.63) is 28.4 Å². The molecule has 0 aliphatic heterocycles. The molecule has 118 valence electrons. The number of H-pyrrole nitrogens is 1. The van der Waals surface area contributed by atoms with Gasteiger partial charge in [-0.1, -0.05) is 18.5 Å². The molecular formula is C16H21ClN4O. The summed E-state index contributed by atoms with van der Waals surface area (Å²) < 4.78 is 5.57. The van der Waals surface area contributed by atoms with Crippen molar-refractivity contribution in [2.75, 3.05) is 6.61 Å². The van der Waals surface area contributed by atoms with E-state index < -0.39 is 0 Å². The van der Waals surface area contributed by atoms with Crippen molar-refractivity contribution < 1.29 is 4.74 Å². The number of nitrogens with two attached hydrogens (primary N) is 1. The molecule has 0 unspecified atom stereocenters. The third kappa shape index (κ3) is 3.25. The Balaban J connectivity index is 2.67. The minimum Gasteiger partial charge on any atom is -0.494 e. The maximum Gasteiger partial charge on any atom is 0.183 e. The number of nitrogens with zero attached hydrogens (tertiary/aromatic N) is 2. The van der Waals surface area contributed by atoms with Crippen molar-refractivity contribution >= 4 is 23.3 Å². The van der Waals surface area contributed by atoms with Crippen LogP contribution in [0.4, 0.5) is 5.82 Å².